The molecule has 1 nitrogen and oxygen atoms in total. The highest BCUT2D eigenvalue weighted by atomic mass is 14.6. The lowest BCUT2D eigenvalue weighted by atomic mass is 9.87. The van der Waals surface area contributed by atoms with Crippen LogP contribution in [0.3, 0.4) is 0 Å². The van der Waals surface area contributed by atoms with Gasteiger partial charge >= 0.3 is 0 Å². The highest BCUT2D eigenvalue weighted by molar-refractivity contribution is 5.37. The van der Waals surface area contributed by atoms with Crippen molar-refractivity contribution in [2.45, 2.75) is 91.0 Å². The maximum absolute atomic E-state index is 6.47. The molecule has 0 bridgehead atoms. The van der Waals surface area contributed by atoms with Gasteiger partial charge in [0.25, 0.3) is 0 Å². The minimum atomic E-state index is 0.199. The van der Waals surface area contributed by atoms with Gasteiger partial charge in [0.15, 0.2) is 0 Å². The molecule has 1 atom stereocenters. The molecule has 21 heavy (non-hydrogen) atoms. The summed E-state index contributed by atoms with van der Waals surface area (Å²) in [7, 11) is 0. The number of hydrogen-bond acceptors (Lipinski definition) is 1. The molecule has 1 aromatic carbocycles. The fourth-order valence-corrected chi connectivity index (χ4v) is 2.91. The first kappa shape index (κ1) is 18.2. The zero-order chi connectivity index (χ0) is 15.8. The molecule has 0 radical (unpaired) electrons. The monoisotopic (exact) mass is 289 g/mol. The fourth-order valence-electron chi connectivity index (χ4n) is 2.91. The van der Waals surface area contributed by atoms with E-state index in [2.05, 4.69) is 52.8 Å². The van der Waals surface area contributed by atoms with Crippen molar-refractivity contribution in [3.8, 4) is 0 Å². The molecule has 1 unspecified atom stereocenters. The molecule has 0 heterocycles. The molecular weight excluding hydrogens is 254 g/mol. The van der Waals surface area contributed by atoms with Crippen molar-refractivity contribution in [3.05, 3.63) is 34.9 Å². The van der Waals surface area contributed by atoms with E-state index in [4.69, 9.17) is 5.73 Å². The second-order valence-corrected chi connectivity index (χ2v) is 7.01. The van der Waals surface area contributed by atoms with Crippen LogP contribution in [0.1, 0.15) is 108 Å². The topological polar surface area (TPSA) is 26.0 Å². The quantitative estimate of drug-likeness (QED) is 0.531. The molecule has 0 saturated carbocycles. The van der Waals surface area contributed by atoms with Gasteiger partial charge in [-0.3, -0.25) is 0 Å². The molecule has 0 saturated heterocycles. The summed E-state index contributed by atoms with van der Waals surface area (Å²) in [4.78, 5) is 0. The van der Waals surface area contributed by atoms with E-state index in [1.54, 1.807) is 0 Å². The van der Waals surface area contributed by atoms with Crippen molar-refractivity contribution in [3.63, 3.8) is 0 Å². The maximum atomic E-state index is 6.47. The SMILES string of the molecule is CCCCCCCC(N)c1ccc(C(C)C)cc1C(C)C. The van der Waals surface area contributed by atoms with Crippen LogP contribution in [-0.2, 0) is 0 Å². The summed E-state index contributed by atoms with van der Waals surface area (Å²) in [6.45, 7) is 11.3. The van der Waals surface area contributed by atoms with Crippen molar-refractivity contribution in [1.82, 2.24) is 0 Å². The lowest BCUT2D eigenvalue weighted by Gasteiger charge is -2.21. The van der Waals surface area contributed by atoms with Gasteiger partial charge in [0.05, 0.1) is 0 Å². The molecule has 0 aliphatic carbocycles. The van der Waals surface area contributed by atoms with Crippen molar-refractivity contribution in [2.75, 3.05) is 0 Å². The van der Waals surface area contributed by atoms with Crippen LogP contribution in [0.25, 0.3) is 0 Å². The molecule has 1 aromatic rings. The predicted molar refractivity (Wildman–Crippen MR) is 94.9 cm³/mol. The van der Waals surface area contributed by atoms with Gasteiger partial charge in [-0.1, -0.05) is 84.9 Å². The first-order valence-corrected chi connectivity index (χ1v) is 8.86. The number of nitrogens with two attached hydrogens (primary N) is 1. The average Bonchev–Trinajstić information content (AvgIpc) is 2.46. The summed E-state index contributed by atoms with van der Waals surface area (Å²) in [5.41, 5.74) is 10.7. The van der Waals surface area contributed by atoms with Gasteiger partial charge in [-0.25, -0.2) is 0 Å². The molecular formula is C20H35N. The van der Waals surface area contributed by atoms with E-state index in [0.717, 1.165) is 6.42 Å². The van der Waals surface area contributed by atoms with Gasteiger partial charge in [0, 0.05) is 6.04 Å². The van der Waals surface area contributed by atoms with Gasteiger partial charge in [0.1, 0.15) is 0 Å². The second kappa shape index (κ2) is 9.25. The number of rotatable bonds is 9. The van der Waals surface area contributed by atoms with Crippen LogP contribution >= 0.6 is 0 Å². The highest BCUT2D eigenvalue weighted by Gasteiger charge is 2.14. The van der Waals surface area contributed by atoms with E-state index in [1.165, 1.54) is 48.8 Å². The van der Waals surface area contributed by atoms with Crippen LogP contribution in [0.5, 0.6) is 0 Å². The second-order valence-electron chi connectivity index (χ2n) is 7.01. The Labute approximate surface area is 132 Å². The van der Waals surface area contributed by atoms with E-state index < -0.39 is 0 Å². The van der Waals surface area contributed by atoms with Crippen LogP contribution < -0.4 is 5.73 Å². The Bertz CT molecular complexity index is 406. The fraction of sp³-hybridized carbons (Fsp3) is 0.700. The number of benzene rings is 1. The van der Waals surface area contributed by atoms with Crippen molar-refractivity contribution in [1.29, 1.82) is 0 Å². The van der Waals surface area contributed by atoms with Gasteiger partial charge in [0.2, 0.25) is 0 Å². The van der Waals surface area contributed by atoms with E-state index in [0.29, 0.717) is 11.8 Å². The summed E-state index contributed by atoms with van der Waals surface area (Å²) in [5, 5.41) is 0. The predicted octanol–water partition coefficient (Wildman–Crippen LogP) is 6.29. The van der Waals surface area contributed by atoms with Gasteiger partial charge < -0.3 is 5.73 Å². The van der Waals surface area contributed by atoms with E-state index in [9.17, 15) is 0 Å². The molecule has 0 spiro atoms. The Morgan fingerprint density at radius 2 is 1.52 bits per heavy atom. The van der Waals surface area contributed by atoms with Gasteiger partial charge in [-0.15, -0.1) is 0 Å². The minimum absolute atomic E-state index is 0.199. The van der Waals surface area contributed by atoms with Crippen LogP contribution in [0, 0.1) is 0 Å². The largest absolute Gasteiger partial charge is 0.324 e. The molecule has 1 heteroatoms. The van der Waals surface area contributed by atoms with Crippen LogP contribution in [-0.4, -0.2) is 0 Å². The van der Waals surface area contributed by atoms with Crippen molar-refractivity contribution >= 4 is 0 Å². The Morgan fingerprint density at radius 3 is 2.10 bits per heavy atom. The lowest BCUT2D eigenvalue weighted by molar-refractivity contribution is 0.551. The Kier molecular flexibility index (Phi) is 8.03. The first-order valence-electron chi connectivity index (χ1n) is 8.86. The van der Waals surface area contributed by atoms with E-state index >= 15 is 0 Å². The Morgan fingerprint density at radius 1 is 0.857 bits per heavy atom. The zero-order valence-electron chi connectivity index (χ0n) is 14.8. The summed E-state index contributed by atoms with van der Waals surface area (Å²) in [6.07, 6.45) is 7.71. The van der Waals surface area contributed by atoms with Crippen molar-refractivity contribution in [2.24, 2.45) is 5.73 Å². The molecule has 0 aromatic heterocycles. The Balaban J connectivity index is 2.71. The summed E-state index contributed by atoms with van der Waals surface area (Å²) in [6, 6.07) is 7.12. The van der Waals surface area contributed by atoms with Gasteiger partial charge in [-0.05, 0) is 34.9 Å². The summed E-state index contributed by atoms with van der Waals surface area (Å²) >= 11 is 0. The average molecular weight is 290 g/mol. The third kappa shape index (κ3) is 5.82. The van der Waals surface area contributed by atoms with E-state index in [-0.39, 0.29) is 6.04 Å². The maximum Gasteiger partial charge on any atom is 0.0297 e. The Hall–Kier alpha value is -0.820. The molecule has 2 N–H and O–H groups in total. The molecule has 1 rings (SSSR count). The van der Waals surface area contributed by atoms with Crippen LogP contribution in [0.4, 0.5) is 0 Å². The molecule has 0 aliphatic heterocycles. The minimum Gasteiger partial charge on any atom is -0.324 e. The molecule has 120 valence electrons. The number of hydrogen-bond donors (Lipinski definition) is 1. The van der Waals surface area contributed by atoms with Crippen molar-refractivity contribution < 1.29 is 0 Å². The third-order valence-corrected chi connectivity index (χ3v) is 4.42. The highest BCUT2D eigenvalue weighted by Crippen LogP contribution is 2.30. The third-order valence-electron chi connectivity index (χ3n) is 4.42. The number of unbranched alkanes of at least 4 members (excludes halogenated alkanes) is 4. The van der Waals surface area contributed by atoms with Gasteiger partial charge in [-0.2, -0.15) is 0 Å². The lowest BCUT2D eigenvalue weighted by Crippen LogP contribution is -2.14. The summed E-state index contributed by atoms with van der Waals surface area (Å²) in [5.74, 6) is 1.13. The van der Waals surface area contributed by atoms with Crippen LogP contribution in [0.2, 0.25) is 0 Å². The molecule has 0 amide bonds. The standard InChI is InChI=1S/C20H35N/c1-6-7-8-9-10-11-20(21)18-13-12-17(15(2)3)14-19(18)16(4)5/h12-16,20H,6-11,21H2,1-5H3. The normalized spacial score (nSPS) is 13.1. The van der Waals surface area contributed by atoms with Crippen LogP contribution in [0.15, 0.2) is 18.2 Å². The first-order chi connectivity index (χ1) is 9.97. The smallest absolute Gasteiger partial charge is 0.0297 e. The molecule has 0 aliphatic rings. The van der Waals surface area contributed by atoms with E-state index in [1.807, 2.05) is 0 Å². The molecule has 0 fully saturated rings. The zero-order valence-corrected chi connectivity index (χ0v) is 14.8. The summed E-state index contributed by atoms with van der Waals surface area (Å²) < 4.78 is 0.